The lowest BCUT2D eigenvalue weighted by atomic mass is 10.0. The van der Waals surface area contributed by atoms with Crippen molar-refractivity contribution in [3.8, 4) is 5.82 Å². The van der Waals surface area contributed by atoms with Gasteiger partial charge in [0.25, 0.3) is 5.82 Å². The molecule has 2 amide bonds. The van der Waals surface area contributed by atoms with E-state index in [0.29, 0.717) is 11.1 Å². The smallest absolute Gasteiger partial charge is 0.337 e. The average molecular weight is 539 g/mol. The fourth-order valence-electron chi connectivity index (χ4n) is 4.25. The molecule has 0 saturated carbocycles. The van der Waals surface area contributed by atoms with Gasteiger partial charge in [-0.05, 0) is 24.6 Å². The number of carbonyl (C=O) groups excluding carboxylic acids is 1. The van der Waals surface area contributed by atoms with Gasteiger partial charge in [-0.2, -0.15) is 27.9 Å². The molecule has 5 rings (SSSR count). The van der Waals surface area contributed by atoms with E-state index in [1.165, 1.54) is 23.0 Å². The minimum absolute atomic E-state index is 0.0317. The number of carbonyl (C=O) groups is 1. The van der Waals surface area contributed by atoms with Crippen molar-refractivity contribution in [3.05, 3.63) is 59.1 Å². The first kappa shape index (κ1) is 25.4. The Kier molecular flexibility index (Phi) is 6.40. The van der Waals surface area contributed by atoms with Gasteiger partial charge in [-0.15, -0.1) is 5.10 Å². The van der Waals surface area contributed by atoms with Crippen LogP contribution < -0.4 is 4.90 Å². The van der Waals surface area contributed by atoms with E-state index in [1.807, 2.05) is 0 Å². The maximum Gasteiger partial charge on any atom is 0.453 e. The molecule has 2 aliphatic heterocycles. The number of alkyl halides is 3. The van der Waals surface area contributed by atoms with E-state index < -0.39 is 47.3 Å². The summed E-state index contributed by atoms with van der Waals surface area (Å²) < 4.78 is 81.5. The maximum atomic E-state index is 14.4. The van der Waals surface area contributed by atoms with Crippen LogP contribution in [0.25, 0.3) is 5.82 Å². The van der Waals surface area contributed by atoms with E-state index in [2.05, 4.69) is 25.2 Å². The molecule has 3 aromatic rings. The average Bonchev–Trinajstić information content (AvgIpc) is 3.51. The molecule has 0 bridgehead atoms. The van der Waals surface area contributed by atoms with Gasteiger partial charge in [0, 0.05) is 44.9 Å². The predicted molar refractivity (Wildman–Crippen MR) is 120 cm³/mol. The normalized spacial score (nSPS) is 18.0. The molecule has 38 heavy (non-hydrogen) atoms. The van der Waals surface area contributed by atoms with Crippen molar-refractivity contribution in [2.75, 3.05) is 31.1 Å². The van der Waals surface area contributed by atoms with Crippen LogP contribution in [0.1, 0.15) is 29.7 Å². The standard InChI is InChI=1S/C22H19F6N9O/c1-12-31-19(22(26,27)28)33-36(12)18-16(25)11-29-20(32-18)34-4-6-35(7-5-34)21(38)37-17(2-3-30-37)13-8-14(23)10-15(24)9-13/h3,8-11,17H,2,4-7H2,1H3. The lowest BCUT2D eigenvalue weighted by Gasteiger charge is -2.37. The summed E-state index contributed by atoms with van der Waals surface area (Å²) >= 11 is 0. The van der Waals surface area contributed by atoms with Crippen LogP contribution in [0, 0.1) is 24.4 Å². The number of aromatic nitrogens is 5. The van der Waals surface area contributed by atoms with Crippen LogP contribution in [0.5, 0.6) is 0 Å². The highest BCUT2D eigenvalue weighted by Gasteiger charge is 2.37. The Bertz CT molecular complexity index is 1380. The number of aryl methyl sites for hydroxylation is 1. The molecule has 0 radical (unpaired) electrons. The van der Waals surface area contributed by atoms with Crippen molar-refractivity contribution < 1.29 is 31.1 Å². The number of halogens is 6. The molecule has 2 aliphatic rings. The lowest BCUT2D eigenvalue weighted by Crippen LogP contribution is -2.52. The molecule has 1 aromatic carbocycles. The summed E-state index contributed by atoms with van der Waals surface area (Å²) in [4.78, 5) is 27.6. The third-order valence-electron chi connectivity index (χ3n) is 6.06. The molecule has 200 valence electrons. The number of hydrogen-bond donors (Lipinski definition) is 0. The zero-order valence-corrected chi connectivity index (χ0v) is 19.7. The summed E-state index contributed by atoms with van der Waals surface area (Å²) in [6, 6.07) is 1.91. The Balaban J connectivity index is 1.29. The molecule has 1 fully saturated rings. The van der Waals surface area contributed by atoms with Crippen molar-refractivity contribution >= 4 is 18.2 Å². The van der Waals surface area contributed by atoms with Gasteiger partial charge >= 0.3 is 12.2 Å². The van der Waals surface area contributed by atoms with E-state index in [4.69, 9.17) is 0 Å². The third kappa shape index (κ3) is 4.84. The monoisotopic (exact) mass is 539 g/mol. The quantitative estimate of drug-likeness (QED) is 0.473. The minimum atomic E-state index is -4.81. The Morgan fingerprint density at radius 2 is 1.68 bits per heavy atom. The molecule has 10 nitrogen and oxygen atoms in total. The number of benzene rings is 1. The second kappa shape index (κ2) is 9.57. The van der Waals surface area contributed by atoms with Gasteiger partial charge < -0.3 is 9.80 Å². The molecule has 0 N–H and O–H groups in total. The summed E-state index contributed by atoms with van der Waals surface area (Å²) in [5.74, 6) is -4.61. The van der Waals surface area contributed by atoms with E-state index in [-0.39, 0.29) is 43.5 Å². The van der Waals surface area contributed by atoms with Crippen LogP contribution in [0.15, 0.2) is 29.5 Å². The first-order valence-electron chi connectivity index (χ1n) is 11.4. The van der Waals surface area contributed by atoms with Crippen LogP contribution in [-0.4, -0.2) is 73.1 Å². The Morgan fingerprint density at radius 3 is 2.32 bits per heavy atom. The van der Waals surface area contributed by atoms with Gasteiger partial charge in [-0.1, -0.05) is 0 Å². The molecule has 0 spiro atoms. The van der Waals surface area contributed by atoms with Gasteiger partial charge in [0.15, 0.2) is 11.6 Å². The van der Waals surface area contributed by atoms with Crippen molar-refractivity contribution in [1.29, 1.82) is 0 Å². The Morgan fingerprint density at radius 1 is 1.00 bits per heavy atom. The summed E-state index contributed by atoms with van der Waals surface area (Å²) in [6.07, 6.45) is -2.21. The molecule has 1 saturated heterocycles. The van der Waals surface area contributed by atoms with Crippen LogP contribution in [0.2, 0.25) is 0 Å². The number of urea groups is 1. The maximum absolute atomic E-state index is 14.4. The van der Waals surface area contributed by atoms with E-state index >= 15 is 0 Å². The molecule has 0 aliphatic carbocycles. The first-order valence-corrected chi connectivity index (χ1v) is 11.4. The number of rotatable bonds is 3. The highest BCUT2D eigenvalue weighted by Crippen LogP contribution is 2.31. The number of nitrogens with zero attached hydrogens (tertiary/aromatic N) is 9. The van der Waals surface area contributed by atoms with Gasteiger partial charge in [-0.3, -0.25) is 0 Å². The summed E-state index contributed by atoms with van der Waals surface area (Å²) in [6.45, 7) is 2.05. The fourth-order valence-corrected chi connectivity index (χ4v) is 4.25. The van der Waals surface area contributed by atoms with Gasteiger partial charge in [-0.25, -0.2) is 32.9 Å². The van der Waals surface area contributed by atoms with Gasteiger partial charge in [0.05, 0.1) is 12.2 Å². The second-order valence-electron chi connectivity index (χ2n) is 8.59. The molecule has 1 unspecified atom stereocenters. The van der Waals surface area contributed by atoms with Crippen molar-refractivity contribution in [3.63, 3.8) is 0 Å². The van der Waals surface area contributed by atoms with E-state index in [0.717, 1.165) is 24.4 Å². The molecular weight excluding hydrogens is 520 g/mol. The number of anilines is 1. The van der Waals surface area contributed by atoms with Crippen molar-refractivity contribution in [2.45, 2.75) is 25.6 Å². The molecule has 2 aromatic heterocycles. The molecule has 4 heterocycles. The third-order valence-corrected chi connectivity index (χ3v) is 6.06. The second-order valence-corrected chi connectivity index (χ2v) is 8.59. The number of hydrazone groups is 1. The summed E-state index contributed by atoms with van der Waals surface area (Å²) in [5.41, 5.74) is 0.274. The van der Waals surface area contributed by atoms with Crippen LogP contribution in [0.3, 0.4) is 0 Å². The Labute approximate surface area is 211 Å². The first-order chi connectivity index (χ1) is 18.0. The molecule has 1 atom stereocenters. The van der Waals surface area contributed by atoms with Crippen molar-refractivity contribution in [2.24, 2.45) is 5.10 Å². The summed E-state index contributed by atoms with van der Waals surface area (Å²) in [7, 11) is 0. The zero-order chi connectivity index (χ0) is 27.2. The van der Waals surface area contributed by atoms with Gasteiger partial charge in [0.2, 0.25) is 5.95 Å². The van der Waals surface area contributed by atoms with E-state index in [9.17, 15) is 31.1 Å². The summed E-state index contributed by atoms with van der Waals surface area (Å²) in [5, 5.41) is 8.59. The van der Waals surface area contributed by atoms with Crippen LogP contribution in [-0.2, 0) is 6.18 Å². The predicted octanol–water partition coefficient (Wildman–Crippen LogP) is 3.48. The fraction of sp³-hybridized carbons (Fsp3) is 0.364. The minimum Gasteiger partial charge on any atom is -0.337 e. The number of piperazine rings is 1. The van der Waals surface area contributed by atoms with Crippen LogP contribution >= 0.6 is 0 Å². The van der Waals surface area contributed by atoms with Crippen LogP contribution in [0.4, 0.5) is 37.1 Å². The highest BCUT2D eigenvalue weighted by atomic mass is 19.4. The molecular formula is C22H19F6N9O. The topological polar surface area (TPSA) is 95.6 Å². The highest BCUT2D eigenvalue weighted by molar-refractivity contribution is 5.78. The number of hydrogen-bond acceptors (Lipinski definition) is 7. The van der Waals surface area contributed by atoms with Crippen molar-refractivity contribution in [1.82, 2.24) is 34.6 Å². The SMILES string of the molecule is Cc1nc(C(F)(F)F)nn1-c1nc(N2CCN(C(=O)N3N=CCC3c3cc(F)cc(F)c3)CC2)ncc1F. The zero-order valence-electron chi connectivity index (χ0n) is 19.7. The molecule has 16 heteroatoms. The lowest BCUT2D eigenvalue weighted by molar-refractivity contribution is -0.144. The number of amides is 2. The Hall–Kier alpha value is -4.24. The largest absolute Gasteiger partial charge is 0.453 e. The van der Waals surface area contributed by atoms with E-state index in [1.54, 1.807) is 4.90 Å². The van der Waals surface area contributed by atoms with Gasteiger partial charge in [0.1, 0.15) is 17.5 Å².